The van der Waals surface area contributed by atoms with Crippen LogP contribution < -0.4 is 5.32 Å². The second-order valence-electron chi connectivity index (χ2n) is 4.86. The summed E-state index contributed by atoms with van der Waals surface area (Å²) in [6.45, 7) is 0. The van der Waals surface area contributed by atoms with E-state index in [9.17, 15) is 9.59 Å². The molecule has 4 nitrogen and oxygen atoms in total. The SMILES string of the molecule is CN(C)C(=O)c1cccc(NC(=O)c2cc(Cl)ccc2Cl)c1. The molecule has 0 radical (unpaired) electrons. The van der Waals surface area contributed by atoms with E-state index in [2.05, 4.69) is 5.32 Å². The molecular formula is C16H14Cl2N2O2. The third-order valence-corrected chi connectivity index (χ3v) is 3.51. The number of amides is 2. The van der Waals surface area contributed by atoms with Crippen LogP contribution in [0.15, 0.2) is 42.5 Å². The number of anilines is 1. The van der Waals surface area contributed by atoms with Gasteiger partial charge >= 0.3 is 0 Å². The smallest absolute Gasteiger partial charge is 0.257 e. The Morgan fingerprint density at radius 3 is 2.45 bits per heavy atom. The molecule has 2 rings (SSSR count). The monoisotopic (exact) mass is 336 g/mol. The first-order valence-corrected chi connectivity index (χ1v) is 7.22. The van der Waals surface area contributed by atoms with E-state index in [1.54, 1.807) is 50.5 Å². The lowest BCUT2D eigenvalue weighted by Crippen LogP contribution is -2.22. The Morgan fingerprint density at radius 2 is 1.77 bits per heavy atom. The van der Waals surface area contributed by atoms with E-state index in [1.807, 2.05) is 0 Å². The van der Waals surface area contributed by atoms with E-state index in [1.165, 1.54) is 11.0 Å². The Kier molecular flexibility index (Phi) is 5.06. The van der Waals surface area contributed by atoms with Crippen molar-refractivity contribution < 1.29 is 9.59 Å². The maximum atomic E-state index is 12.3. The van der Waals surface area contributed by atoms with Crippen molar-refractivity contribution >= 4 is 40.7 Å². The van der Waals surface area contributed by atoms with Gasteiger partial charge < -0.3 is 10.2 Å². The van der Waals surface area contributed by atoms with Crippen molar-refractivity contribution in [1.82, 2.24) is 4.90 Å². The number of hydrogen-bond donors (Lipinski definition) is 1. The van der Waals surface area contributed by atoms with E-state index < -0.39 is 0 Å². The molecule has 6 heteroatoms. The molecule has 0 aliphatic rings. The van der Waals surface area contributed by atoms with Crippen LogP contribution in [0.4, 0.5) is 5.69 Å². The normalized spacial score (nSPS) is 10.2. The number of halogens is 2. The summed E-state index contributed by atoms with van der Waals surface area (Å²) in [5.74, 6) is -0.529. The molecule has 114 valence electrons. The number of rotatable bonds is 3. The number of carbonyl (C=O) groups is 2. The minimum Gasteiger partial charge on any atom is -0.345 e. The van der Waals surface area contributed by atoms with Crippen molar-refractivity contribution in [2.45, 2.75) is 0 Å². The van der Waals surface area contributed by atoms with Crippen molar-refractivity contribution in [2.75, 3.05) is 19.4 Å². The molecule has 2 amide bonds. The largest absolute Gasteiger partial charge is 0.345 e. The molecule has 0 saturated carbocycles. The molecule has 0 atom stereocenters. The van der Waals surface area contributed by atoms with E-state index in [-0.39, 0.29) is 17.4 Å². The topological polar surface area (TPSA) is 49.4 Å². The summed E-state index contributed by atoms with van der Waals surface area (Å²) in [6, 6.07) is 11.4. The van der Waals surface area contributed by atoms with Gasteiger partial charge in [-0.15, -0.1) is 0 Å². The maximum absolute atomic E-state index is 12.3. The fourth-order valence-corrected chi connectivity index (χ4v) is 2.23. The molecule has 2 aromatic rings. The highest BCUT2D eigenvalue weighted by Crippen LogP contribution is 2.22. The summed E-state index contributed by atoms with van der Waals surface area (Å²) in [5.41, 5.74) is 1.27. The minimum atomic E-state index is -0.387. The fourth-order valence-electron chi connectivity index (χ4n) is 1.86. The van der Waals surface area contributed by atoms with Gasteiger partial charge in [-0.25, -0.2) is 0 Å². The van der Waals surface area contributed by atoms with Crippen molar-refractivity contribution in [1.29, 1.82) is 0 Å². The average Bonchev–Trinajstić information content (AvgIpc) is 2.49. The second kappa shape index (κ2) is 6.81. The Balaban J connectivity index is 2.24. The molecular weight excluding hydrogens is 323 g/mol. The van der Waals surface area contributed by atoms with Gasteiger partial charge in [0.25, 0.3) is 11.8 Å². The van der Waals surface area contributed by atoms with E-state index in [4.69, 9.17) is 23.2 Å². The fraction of sp³-hybridized carbons (Fsp3) is 0.125. The molecule has 0 aliphatic carbocycles. The Bertz CT molecular complexity index is 730. The van der Waals surface area contributed by atoms with Crippen molar-refractivity contribution in [3.8, 4) is 0 Å². The van der Waals surface area contributed by atoms with E-state index in [0.717, 1.165) is 0 Å². The second-order valence-corrected chi connectivity index (χ2v) is 5.70. The van der Waals surface area contributed by atoms with Gasteiger partial charge in [-0.05, 0) is 36.4 Å². The molecule has 22 heavy (non-hydrogen) atoms. The first-order chi connectivity index (χ1) is 10.4. The molecule has 0 spiro atoms. The zero-order valence-corrected chi connectivity index (χ0v) is 13.6. The van der Waals surface area contributed by atoms with Crippen LogP contribution >= 0.6 is 23.2 Å². The molecule has 0 fully saturated rings. The van der Waals surface area contributed by atoms with E-state index >= 15 is 0 Å². The third-order valence-electron chi connectivity index (χ3n) is 2.95. The highest BCUT2D eigenvalue weighted by atomic mass is 35.5. The Morgan fingerprint density at radius 1 is 1.05 bits per heavy atom. The predicted molar refractivity (Wildman–Crippen MR) is 88.9 cm³/mol. The highest BCUT2D eigenvalue weighted by Gasteiger charge is 2.13. The lowest BCUT2D eigenvalue weighted by molar-refractivity contribution is 0.0827. The van der Waals surface area contributed by atoms with Gasteiger partial charge in [0.05, 0.1) is 10.6 Å². The number of hydrogen-bond acceptors (Lipinski definition) is 2. The molecule has 2 aromatic carbocycles. The third kappa shape index (κ3) is 3.78. The summed E-state index contributed by atoms with van der Waals surface area (Å²) in [4.78, 5) is 25.6. The van der Waals surface area contributed by atoms with Gasteiger partial charge in [0.2, 0.25) is 0 Å². The quantitative estimate of drug-likeness (QED) is 0.922. The van der Waals surface area contributed by atoms with Crippen molar-refractivity contribution in [3.63, 3.8) is 0 Å². The molecule has 0 aliphatic heterocycles. The van der Waals surface area contributed by atoms with Crippen molar-refractivity contribution in [3.05, 3.63) is 63.6 Å². The standard InChI is InChI=1S/C16H14Cl2N2O2/c1-20(2)16(22)10-4-3-5-12(8-10)19-15(21)13-9-11(17)6-7-14(13)18/h3-9H,1-2H3,(H,19,21). The maximum Gasteiger partial charge on any atom is 0.257 e. The summed E-state index contributed by atoms with van der Waals surface area (Å²) < 4.78 is 0. The highest BCUT2D eigenvalue weighted by molar-refractivity contribution is 6.36. The zero-order valence-electron chi connectivity index (χ0n) is 12.1. The van der Waals surface area contributed by atoms with E-state index in [0.29, 0.717) is 21.3 Å². The van der Waals surface area contributed by atoms with Gasteiger partial charge in [-0.3, -0.25) is 9.59 Å². The predicted octanol–water partition coefficient (Wildman–Crippen LogP) is 3.95. The van der Waals surface area contributed by atoms with Gasteiger partial charge in [-0.1, -0.05) is 29.3 Å². The molecule has 0 bridgehead atoms. The number of nitrogens with one attached hydrogen (secondary N) is 1. The molecule has 0 aromatic heterocycles. The van der Waals surface area contributed by atoms with Crippen LogP contribution in [0.3, 0.4) is 0 Å². The lowest BCUT2D eigenvalue weighted by atomic mass is 10.1. The van der Waals surface area contributed by atoms with Crippen LogP contribution in [0.1, 0.15) is 20.7 Å². The number of carbonyl (C=O) groups excluding carboxylic acids is 2. The van der Waals surface area contributed by atoms with Gasteiger partial charge in [0, 0.05) is 30.4 Å². The summed E-state index contributed by atoms with van der Waals surface area (Å²) in [6.07, 6.45) is 0. The molecule has 0 heterocycles. The summed E-state index contributed by atoms with van der Waals surface area (Å²) in [7, 11) is 3.33. The number of nitrogens with zero attached hydrogens (tertiary/aromatic N) is 1. The molecule has 0 saturated heterocycles. The summed E-state index contributed by atoms with van der Waals surface area (Å²) >= 11 is 11.9. The first kappa shape index (κ1) is 16.3. The summed E-state index contributed by atoms with van der Waals surface area (Å²) in [5, 5.41) is 3.44. The minimum absolute atomic E-state index is 0.142. The van der Waals surface area contributed by atoms with Gasteiger partial charge in [0.1, 0.15) is 0 Å². The zero-order chi connectivity index (χ0) is 16.3. The molecule has 0 unspecified atom stereocenters. The Hall–Kier alpha value is -2.04. The Labute approximate surface area is 138 Å². The van der Waals surface area contributed by atoms with Crippen LogP contribution in [0, 0.1) is 0 Å². The van der Waals surface area contributed by atoms with Crippen molar-refractivity contribution in [2.24, 2.45) is 0 Å². The van der Waals surface area contributed by atoms with Crippen LogP contribution in [0.5, 0.6) is 0 Å². The average molecular weight is 337 g/mol. The van der Waals surface area contributed by atoms with Crippen LogP contribution in [-0.2, 0) is 0 Å². The first-order valence-electron chi connectivity index (χ1n) is 6.46. The van der Waals surface area contributed by atoms with Crippen LogP contribution in [0.2, 0.25) is 10.0 Å². The number of benzene rings is 2. The van der Waals surface area contributed by atoms with Gasteiger partial charge in [-0.2, -0.15) is 0 Å². The van der Waals surface area contributed by atoms with Crippen LogP contribution in [0.25, 0.3) is 0 Å². The lowest BCUT2D eigenvalue weighted by Gasteiger charge is -2.12. The molecule has 1 N–H and O–H groups in total. The van der Waals surface area contributed by atoms with Gasteiger partial charge in [0.15, 0.2) is 0 Å². The van der Waals surface area contributed by atoms with Crippen LogP contribution in [-0.4, -0.2) is 30.8 Å².